The Morgan fingerprint density at radius 3 is 1.61 bits per heavy atom. The standard InChI is InChI=1S/C34H28N4O4S2/c1-23-8-17-29(18-9-23)43(39,40)37-27-14-12-26(13-15-27)34-35-32-21-16-28(38-44(41,42)30-19-10-24(2)11-20-30)22-31(32)33(36-34)25-6-4-3-5-7-25/h3-22,37-38H,1-2H3. The van der Waals surface area contributed by atoms with Crippen LogP contribution in [-0.4, -0.2) is 26.8 Å². The van der Waals surface area contributed by atoms with Crippen molar-refractivity contribution in [3.05, 3.63) is 132 Å². The molecule has 0 spiro atoms. The van der Waals surface area contributed by atoms with Crippen molar-refractivity contribution in [3.8, 4) is 22.6 Å². The molecule has 0 aliphatic rings. The average molecular weight is 621 g/mol. The molecule has 0 aliphatic carbocycles. The molecule has 1 aromatic heterocycles. The number of nitrogens with zero attached hydrogens (tertiary/aromatic N) is 2. The smallest absolute Gasteiger partial charge is 0.261 e. The summed E-state index contributed by atoms with van der Waals surface area (Å²) >= 11 is 0. The molecule has 0 aliphatic heterocycles. The van der Waals surface area contributed by atoms with E-state index in [4.69, 9.17) is 9.97 Å². The Kier molecular flexibility index (Phi) is 7.62. The first-order chi connectivity index (χ1) is 21.1. The average Bonchev–Trinajstić information content (AvgIpc) is 3.01. The molecule has 8 nitrogen and oxygen atoms in total. The van der Waals surface area contributed by atoms with Gasteiger partial charge in [-0.2, -0.15) is 0 Å². The number of anilines is 2. The fourth-order valence-electron chi connectivity index (χ4n) is 4.69. The molecule has 5 aromatic carbocycles. The van der Waals surface area contributed by atoms with Crippen LogP contribution in [0.25, 0.3) is 33.5 Å². The number of aryl methyl sites for hydroxylation is 2. The largest absolute Gasteiger partial charge is 0.280 e. The molecule has 0 bridgehead atoms. The Morgan fingerprint density at radius 2 is 1.05 bits per heavy atom. The van der Waals surface area contributed by atoms with Crippen LogP contribution in [0.4, 0.5) is 11.4 Å². The third-order valence-electron chi connectivity index (χ3n) is 7.05. The van der Waals surface area contributed by atoms with Gasteiger partial charge in [-0.1, -0.05) is 65.7 Å². The third kappa shape index (κ3) is 6.17. The first-order valence-electron chi connectivity index (χ1n) is 13.7. The highest BCUT2D eigenvalue weighted by Crippen LogP contribution is 2.32. The van der Waals surface area contributed by atoms with E-state index in [1.807, 2.05) is 44.2 Å². The molecule has 0 saturated carbocycles. The molecule has 220 valence electrons. The summed E-state index contributed by atoms with van der Waals surface area (Å²) in [6.45, 7) is 3.79. The fraction of sp³-hybridized carbons (Fsp3) is 0.0588. The van der Waals surface area contributed by atoms with Crippen molar-refractivity contribution in [2.45, 2.75) is 23.6 Å². The molecule has 2 N–H and O–H groups in total. The molecule has 0 atom stereocenters. The third-order valence-corrected chi connectivity index (χ3v) is 9.85. The second-order valence-electron chi connectivity index (χ2n) is 10.4. The van der Waals surface area contributed by atoms with Crippen molar-refractivity contribution >= 4 is 42.3 Å². The van der Waals surface area contributed by atoms with Gasteiger partial charge in [-0.05, 0) is 80.6 Å². The van der Waals surface area contributed by atoms with Gasteiger partial charge in [-0.15, -0.1) is 0 Å². The molecule has 6 aromatic rings. The van der Waals surface area contributed by atoms with E-state index >= 15 is 0 Å². The van der Waals surface area contributed by atoms with E-state index in [9.17, 15) is 16.8 Å². The van der Waals surface area contributed by atoms with E-state index in [2.05, 4.69) is 9.44 Å². The molecular formula is C34H28N4O4S2. The van der Waals surface area contributed by atoms with Crippen LogP contribution < -0.4 is 9.44 Å². The first-order valence-corrected chi connectivity index (χ1v) is 16.7. The summed E-state index contributed by atoms with van der Waals surface area (Å²) in [5.74, 6) is 0.442. The minimum Gasteiger partial charge on any atom is -0.280 e. The number of sulfonamides is 2. The van der Waals surface area contributed by atoms with Gasteiger partial charge in [0.25, 0.3) is 20.0 Å². The zero-order chi connectivity index (χ0) is 30.9. The lowest BCUT2D eigenvalue weighted by molar-refractivity contribution is 0.599. The highest BCUT2D eigenvalue weighted by atomic mass is 32.2. The van der Waals surface area contributed by atoms with Crippen molar-refractivity contribution in [1.82, 2.24) is 9.97 Å². The molecule has 0 fully saturated rings. The van der Waals surface area contributed by atoms with Gasteiger partial charge in [-0.25, -0.2) is 26.8 Å². The zero-order valence-corrected chi connectivity index (χ0v) is 25.5. The Labute approximate surface area is 256 Å². The van der Waals surface area contributed by atoms with Crippen LogP contribution in [0.2, 0.25) is 0 Å². The second kappa shape index (κ2) is 11.6. The van der Waals surface area contributed by atoms with Gasteiger partial charge < -0.3 is 0 Å². The molecule has 0 unspecified atom stereocenters. The number of nitrogens with one attached hydrogen (secondary N) is 2. The maximum atomic E-state index is 13.1. The Bertz CT molecular complexity index is 2190. The predicted octanol–water partition coefficient (Wildman–Crippen LogP) is 7.18. The number of rotatable bonds is 8. The van der Waals surface area contributed by atoms with Crippen LogP contribution in [0.15, 0.2) is 131 Å². The first kappa shape index (κ1) is 29.0. The maximum Gasteiger partial charge on any atom is 0.261 e. The monoisotopic (exact) mass is 620 g/mol. The van der Waals surface area contributed by atoms with Crippen molar-refractivity contribution in [2.24, 2.45) is 0 Å². The lowest BCUT2D eigenvalue weighted by atomic mass is 10.1. The number of benzene rings is 5. The van der Waals surface area contributed by atoms with Crippen LogP contribution in [-0.2, 0) is 20.0 Å². The van der Waals surface area contributed by atoms with Crippen LogP contribution in [0.3, 0.4) is 0 Å². The van der Waals surface area contributed by atoms with Crippen molar-refractivity contribution in [2.75, 3.05) is 9.44 Å². The van der Waals surface area contributed by atoms with Gasteiger partial charge in [0.1, 0.15) is 0 Å². The van der Waals surface area contributed by atoms with Crippen LogP contribution >= 0.6 is 0 Å². The molecular weight excluding hydrogens is 593 g/mol. The van der Waals surface area contributed by atoms with Crippen LogP contribution in [0.5, 0.6) is 0 Å². The zero-order valence-electron chi connectivity index (χ0n) is 23.9. The molecule has 6 rings (SSSR count). The number of fused-ring (bicyclic) bond motifs is 1. The van der Waals surface area contributed by atoms with E-state index in [1.54, 1.807) is 91.0 Å². The van der Waals surface area contributed by atoms with E-state index in [1.165, 1.54) is 0 Å². The summed E-state index contributed by atoms with van der Waals surface area (Å²) in [6.07, 6.45) is 0. The summed E-state index contributed by atoms with van der Waals surface area (Å²) < 4.78 is 57.1. The molecule has 1 heterocycles. The SMILES string of the molecule is Cc1ccc(S(=O)(=O)Nc2ccc(-c3nc(-c4ccccc4)c4cc(NS(=O)(=O)c5ccc(C)cc5)ccc4n3)cc2)cc1. The highest BCUT2D eigenvalue weighted by Gasteiger charge is 2.18. The summed E-state index contributed by atoms with van der Waals surface area (Å²) in [5, 5.41) is 0.673. The molecule has 44 heavy (non-hydrogen) atoms. The van der Waals surface area contributed by atoms with Gasteiger partial charge in [0.2, 0.25) is 0 Å². The topological polar surface area (TPSA) is 118 Å². The lowest BCUT2D eigenvalue weighted by Gasteiger charge is -2.13. The molecule has 0 saturated heterocycles. The van der Waals surface area contributed by atoms with Crippen LogP contribution in [0, 0.1) is 13.8 Å². The van der Waals surface area contributed by atoms with Crippen molar-refractivity contribution in [3.63, 3.8) is 0 Å². The maximum absolute atomic E-state index is 13.1. The van der Waals surface area contributed by atoms with E-state index in [-0.39, 0.29) is 9.79 Å². The minimum absolute atomic E-state index is 0.169. The van der Waals surface area contributed by atoms with Crippen LogP contribution in [0.1, 0.15) is 11.1 Å². The summed E-state index contributed by atoms with van der Waals surface area (Å²) in [7, 11) is -7.55. The molecule has 10 heteroatoms. The quantitative estimate of drug-likeness (QED) is 0.186. The number of aromatic nitrogens is 2. The van der Waals surface area contributed by atoms with Gasteiger partial charge in [0.05, 0.1) is 21.0 Å². The second-order valence-corrected chi connectivity index (χ2v) is 13.8. The van der Waals surface area contributed by atoms with Crippen molar-refractivity contribution < 1.29 is 16.8 Å². The Balaban J connectivity index is 1.35. The number of hydrogen-bond donors (Lipinski definition) is 2. The van der Waals surface area contributed by atoms with Gasteiger partial charge in [0, 0.05) is 27.9 Å². The lowest BCUT2D eigenvalue weighted by Crippen LogP contribution is -2.13. The molecule has 0 amide bonds. The van der Waals surface area contributed by atoms with E-state index in [0.717, 1.165) is 16.7 Å². The number of hydrogen-bond acceptors (Lipinski definition) is 6. The van der Waals surface area contributed by atoms with E-state index in [0.29, 0.717) is 39.4 Å². The Morgan fingerprint density at radius 1 is 0.523 bits per heavy atom. The van der Waals surface area contributed by atoms with E-state index < -0.39 is 20.0 Å². The Hall–Kier alpha value is -5.06. The van der Waals surface area contributed by atoms with Gasteiger partial charge in [0.15, 0.2) is 5.82 Å². The van der Waals surface area contributed by atoms with Gasteiger partial charge >= 0.3 is 0 Å². The normalized spacial score (nSPS) is 11.8. The summed E-state index contributed by atoms with van der Waals surface area (Å²) in [5.41, 5.74) is 5.50. The fourth-order valence-corrected chi connectivity index (χ4v) is 6.80. The minimum atomic E-state index is -3.80. The summed E-state index contributed by atoms with van der Waals surface area (Å²) in [6, 6.07) is 34.9. The predicted molar refractivity (Wildman–Crippen MR) is 174 cm³/mol. The molecule has 0 radical (unpaired) electrons. The summed E-state index contributed by atoms with van der Waals surface area (Å²) in [4.78, 5) is 10.00. The highest BCUT2D eigenvalue weighted by molar-refractivity contribution is 7.93. The van der Waals surface area contributed by atoms with Crippen molar-refractivity contribution in [1.29, 1.82) is 0 Å². The van der Waals surface area contributed by atoms with Gasteiger partial charge in [-0.3, -0.25) is 9.44 Å².